The number of ether oxygens (including phenoxy) is 1. The van der Waals surface area contributed by atoms with Gasteiger partial charge >= 0.3 is 5.97 Å². The molecule has 3 nitrogen and oxygen atoms in total. The quantitative estimate of drug-likeness (QED) is 0.182. The number of esters is 1. The average molecular weight is 403 g/mol. The Morgan fingerprint density at radius 1 is 0.966 bits per heavy atom. The molecule has 0 aliphatic heterocycles. The van der Waals surface area contributed by atoms with E-state index in [1.54, 1.807) is 0 Å². The second-order valence-electron chi connectivity index (χ2n) is 7.97. The van der Waals surface area contributed by atoms with Crippen LogP contribution in [0.3, 0.4) is 0 Å². The highest BCUT2D eigenvalue weighted by molar-refractivity contribution is 5.66. The molecule has 0 bridgehead atoms. The van der Waals surface area contributed by atoms with Crippen molar-refractivity contribution in [3.8, 4) is 0 Å². The summed E-state index contributed by atoms with van der Waals surface area (Å²) >= 11 is 0. The third kappa shape index (κ3) is 13.3. The van der Waals surface area contributed by atoms with Crippen LogP contribution in [0.5, 0.6) is 0 Å². The first-order valence-corrected chi connectivity index (χ1v) is 11.7. The number of carbonyl (C=O) groups is 1. The SMILES string of the molecule is CCCCCCCC[C@@H](/C=C/CCc1ccccc1CCCCCO)OC(C)=O. The molecule has 0 aromatic heterocycles. The van der Waals surface area contributed by atoms with E-state index in [4.69, 9.17) is 9.84 Å². The summed E-state index contributed by atoms with van der Waals surface area (Å²) in [6, 6.07) is 8.65. The highest BCUT2D eigenvalue weighted by Gasteiger charge is 2.08. The van der Waals surface area contributed by atoms with Crippen LogP contribution in [0.25, 0.3) is 0 Å². The Morgan fingerprint density at radius 2 is 1.62 bits per heavy atom. The maximum atomic E-state index is 11.4. The van der Waals surface area contributed by atoms with E-state index >= 15 is 0 Å². The minimum absolute atomic E-state index is 0.0904. The standard InChI is InChI=1S/C26H42O3/c1-3-4-5-6-7-10-20-26(29-23(2)28)21-14-13-19-25-18-12-11-17-24(25)16-9-8-15-22-27/h11-12,14,17-18,21,26-27H,3-10,13,15-16,19-20,22H2,1-2H3/b21-14+/t26-/m0/s1. The van der Waals surface area contributed by atoms with E-state index in [2.05, 4.69) is 43.3 Å². The lowest BCUT2D eigenvalue weighted by molar-refractivity contribution is -0.144. The number of unbranched alkanes of at least 4 members (excludes halogenated alkanes) is 7. The van der Waals surface area contributed by atoms with Gasteiger partial charge in [0.2, 0.25) is 0 Å². The lowest BCUT2D eigenvalue weighted by Gasteiger charge is -2.13. The monoisotopic (exact) mass is 402 g/mol. The molecule has 0 aliphatic rings. The van der Waals surface area contributed by atoms with Crippen LogP contribution in [0.1, 0.15) is 95.6 Å². The molecule has 0 saturated carbocycles. The summed E-state index contributed by atoms with van der Waals surface area (Å²) in [5, 5.41) is 8.92. The van der Waals surface area contributed by atoms with E-state index in [0.717, 1.165) is 51.4 Å². The maximum Gasteiger partial charge on any atom is 0.303 e. The zero-order chi connectivity index (χ0) is 21.2. The lowest BCUT2D eigenvalue weighted by Crippen LogP contribution is -2.13. The Bertz CT molecular complexity index is 565. The van der Waals surface area contributed by atoms with Gasteiger partial charge in [-0.15, -0.1) is 0 Å². The second-order valence-corrected chi connectivity index (χ2v) is 7.97. The molecule has 1 rings (SSSR count). The van der Waals surface area contributed by atoms with E-state index in [-0.39, 0.29) is 18.7 Å². The normalized spacial score (nSPS) is 12.4. The fourth-order valence-electron chi connectivity index (χ4n) is 3.67. The first-order chi connectivity index (χ1) is 14.2. The third-order valence-electron chi connectivity index (χ3n) is 5.31. The van der Waals surface area contributed by atoms with Gasteiger partial charge in [0.15, 0.2) is 0 Å². The van der Waals surface area contributed by atoms with Gasteiger partial charge in [0.1, 0.15) is 6.10 Å². The molecule has 0 aliphatic carbocycles. The molecule has 1 atom stereocenters. The van der Waals surface area contributed by atoms with E-state index in [0.29, 0.717) is 0 Å². The number of allylic oxidation sites excluding steroid dienone is 1. The predicted octanol–water partition coefficient (Wildman–Crippen LogP) is 6.56. The molecule has 0 saturated heterocycles. The molecule has 0 radical (unpaired) electrons. The van der Waals surface area contributed by atoms with Crippen LogP contribution in [-0.2, 0) is 22.4 Å². The zero-order valence-electron chi connectivity index (χ0n) is 18.7. The van der Waals surface area contributed by atoms with Crippen molar-refractivity contribution >= 4 is 5.97 Å². The predicted molar refractivity (Wildman–Crippen MR) is 122 cm³/mol. The molecule has 0 spiro atoms. The fraction of sp³-hybridized carbons (Fsp3) is 0.654. The maximum absolute atomic E-state index is 11.4. The van der Waals surface area contributed by atoms with Gasteiger partial charge in [0, 0.05) is 13.5 Å². The van der Waals surface area contributed by atoms with Gasteiger partial charge in [-0.1, -0.05) is 75.8 Å². The summed E-state index contributed by atoms with van der Waals surface area (Å²) in [5.74, 6) is -0.196. The van der Waals surface area contributed by atoms with Crippen molar-refractivity contribution in [2.24, 2.45) is 0 Å². The first kappa shape index (κ1) is 25.4. The second kappa shape index (κ2) is 17.3. The van der Waals surface area contributed by atoms with Crippen LogP contribution in [-0.4, -0.2) is 23.8 Å². The van der Waals surface area contributed by atoms with Gasteiger partial charge < -0.3 is 9.84 Å². The number of aliphatic hydroxyl groups is 1. The summed E-state index contributed by atoms with van der Waals surface area (Å²) in [6.45, 7) is 4.01. The number of aliphatic hydroxyl groups excluding tert-OH is 1. The Kier molecular flexibility index (Phi) is 15.1. The molecular formula is C26H42O3. The van der Waals surface area contributed by atoms with Crippen LogP contribution in [0.4, 0.5) is 0 Å². The third-order valence-corrected chi connectivity index (χ3v) is 5.31. The van der Waals surface area contributed by atoms with Gasteiger partial charge in [-0.3, -0.25) is 4.79 Å². The molecule has 0 amide bonds. The number of carbonyl (C=O) groups excluding carboxylic acids is 1. The largest absolute Gasteiger partial charge is 0.458 e. The topological polar surface area (TPSA) is 46.5 Å². The van der Waals surface area contributed by atoms with Crippen molar-refractivity contribution in [1.82, 2.24) is 0 Å². The molecule has 29 heavy (non-hydrogen) atoms. The molecule has 164 valence electrons. The van der Waals surface area contributed by atoms with Crippen LogP contribution in [0.15, 0.2) is 36.4 Å². The molecular weight excluding hydrogens is 360 g/mol. The van der Waals surface area contributed by atoms with Gasteiger partial charge in [0.05, 0.1) is 0 Å². The summed E-state index contributed by atoms with van der Waals surface area (Å²) in [4.78, 5) is 11.4. The number of hydrogen-bond acceptors (Lipinski definition) is 3. The number of benzene rings is 1. The van der Waals surface area contributed by atoms with Gasteiger partial charge in [-0.05, 0) is 62.1 Å². The Labute approximate surface area is 178 Å². The van der Waals surface area contributed by atoms with Crippen molar-refractivity contribution < 1.29 is 14.6 Å². The summed E-state index contributed by atoms with van der Waals surface area (Å²) in [5.41, 5.74) is 2.82. The lowest BCUT2D eigenvalue weighted by atomic mass is 9.98. The van der Waals surface area contributed by atoms with E-state index < -0.39 is 0 Å². The summed E-state index contributed by atoms with van der Waals surface area (Å²) in [6.07, 6.45) is 18.7. The molecule has 0 fully saturated rings. The average Bonchev–Trinajstić information content (AvgIpc) is 2.71. The van der Waals surface area contributed by atoms with Crippen LogP contribution in [0, 0.1) is 0 Å². The minimum atomic E-state index is -0.196. The Morgan fingerprint density at radius 3 is 2.31 bits per heavy atom. The first-order valence-electron chi connectivity index (χ1n) is 11.7. The van der Waals surface area contributed by atoms with Crippen molar-refractivity contribution in [3.63, 3.8) is 0 Å². The van der Waals surface area contributed by atoms with Crippen LogP contribution < -0.4 is 0 Å². The van der Waals surface area contributed by atoms with Gasteiger partial charge in [-0.25, -0.2) is 0 Å². The minimum Gasteiger partial charge on any atom is -0.458 e. The number of aryl methyl sites for hydroxylation is 2. The van der Waals surface area contributed by atoms with E-state index in [1.807, 2.05) is 0 Å². The van der Waals surface area contributed by atoms with Gasteiger partial charge in [-0.2, -0.15) is 0 Å². The zero-order valence-corrected chi connectivity index (χ0v) is 18.7. The number of rotatable bonds is 17. The van der Waals surface area contributed by atoms with Crippen molar-refractivity contribution in [2.75, 3.05) is 6.61 Å². The molecule has 0 heterocycles. The number of hydrogen-bond donors (Lipinski definition) is 1. The van der Waals surface area contributed by atoms with Crippen molar-refractivity contribution in [3.05, 3.63) is 47.5 Å². The van der Waals surface area contributed by atoms with Crippen molar-refractivity contribution in [1.29, 1.82) is 0 Å². The fourth-order valence-corrected chi connectivity index (χ4v) is 3.67. The summed E-state index contributed by atoms with van der Waals surface area (Å²) < 4.78 is 5.48. The highest BCUT2D eigenvalue weighted by Crippen LogP contribution is 2.16. The molecule has 3 heteroatoms. The Hall–Kier alpha value is -1.61. The molecule has 1 N–H and O–H groups in total. The molecule has 1 aromatic rings. The highest BCUT2D eigenvalue weighted by atomic mass is 16.5. The van der Waals surface area contributed by atoms with Crippen LogP contribution in [0.2, 0.25) is 0 Å². The Balaban J connectivity index is 2.42. The van der Waals surface area contributed by atoms with Crippen LogP contribution >= 0.6 is 0 Å². The van der Waals surface area contributed by atoms with Gasteiger partial charge in [0.25, 0.3) is 0 Å². The van der Waals surface area contributed by atoms with Crippen molar-refractivity contribution in [2.45, 2.75) is 103 Å². The van der Waals surface area contributed by atoms with E-state index in [1.165, 1.54) is 50.2 Å². The smallest absolute Gasteiger partial charge is 0.303 e. The molecule has 0 unspecified atom stereocenters. The molecule has 1 aromatic carbocycles. The summed E-state index contributed by atoms with van der Waals surface area (Å²) in [7, 11) is 0. The van der Waals surface area contributed by atoms with E-state index in [9.17, 15) is 4.79 Å².